The molecule has 1 atom stereocenters. The summed E-state index contributed by atoms with van der Waals surface area (Å²) < 4.78 is 2.09. The van der Waals surface area contributed by atoms with Gasteiger partial charge in [0.05, 0.1) is 17.1 Å². The van der Waals surface area contributed by atoms with E-state index < -0.39 is 0 Å². The van der Waals surface area contributed by atoms with Crippen LogP contribution in [0.4, 0.5) is 0 Å². The zero-order chi connectivity index (χ0) is 18.0. The molecule has 1 amide bonds. The van der Waals surface area contributed by atoms with Crippen molar-refractivity contribution in [3.8, 4) is 0 Å². The third kappa shape index (κ3) is 3.33. The van der Waals surface area contributed by atoms with E-state index in [2.05, 4.69) is 16.5 Å². The van der Waals surface area contributed by atoms with E-state index in [0.29, 0.717) is 12.1 Å². The smallest absolute Gasteiger partial charge is 0.252 e. The molecular formula is C21H23N3O. The third-order valence-corrected chi connectivity index (χ3v) is 4.36. The lowest BCUT2D eigenvalue weighted by Crippen LogP contribution is -2.29. The van der Waals surface area contributed by atoms with E-state index in [1.807, 2.05) is 69.3 Å². The molecule has 0 bridgehead atoms. The lowest BCUT2D eigenvalue weighted by atomic mass is 10.0. The molecule has 0 saturated carbocycles. The number of amides is 1. The van der Waals surface area contributed by atoms with Gasteiger partial charge in [-0.15, -0.1) is 6.58 Å². The first kappa shape index (κ1) is 17.0. The predicted octanol–water partition coefficient (Wildman–Crippen LogP) is 4.33. The van der Waals surface area contributed by atoms with Crippen LogP contribution in [-0.4, -0.2) is 15.5 Å². The third-order valence-electron chi connectivity index (χ3n) is 4.36. The number of aromatic nitrogens is 2. The average molecular weight is 333 g/mol. The number of carbonyl (C=O) groups excluding carboxylic acids is 1. The number of carbonyl (C=O) groups is 1. The van der Waals surface area contributed by atoms with Gasteiger partial charge >= 0.3 is 0 Å². The summed E-state index contributed by atoms with van der Waals surface area (Å²) in [5.74, 6) is 0.751. The minimum atomic E-state index is -0.208. The summed E-state index contributed by atoms with van der Waals surface area (Å²) in [7, 11) is 0. The molecule has 3 rings (SSSR count). The van der Waals surface area contributed by atoms with Crippen molar-refractivity contribution in [3.63, 3.8) is 0 Å². The lowest BCUT2D eigenvalue weighted by molar-refractivity contribution is 0.0937. The fourth-order valence-corrected chi connectivity index (χ4v) is 3.15. The van der Waals surface area contributed by atoms with Gasteiger partial charge in [0.25, 0.3) is 5.91 Å². The fraction of sp³-hybridized carbons (Fsp3) is 0.238. The van der Waals surface area contributed by atoms with Crippen molar-refractivity contribution in [1.29, 1.82) is 0 Å². The Kier molecular flexibility index (Phi) is 4.70. The quantitative estimate of drug-likeness (QED) is 0.706. The number of hydrogen-bond acceptors (Lipinski definition) is 2. The van der Waals surface area contributed by atoms with Crippen LogP contribution in [0.3, 0.4) is 0 Å². The Balaban J connectivity index is 1.91. The Labute approximate surface area is 148 Å². The number of aryl methyl sites for hydroxylation is 2. The summed E-state index contributed by atoms with van der Waals surface area (Å²) in [6, 6.07) is 13.6. The molecule has 128 valence electrons. The minimum absolute atomic E-state index is 0.0813. The second-order valence-corrected chi connectivity index (χ2v) is 6.37. The number of nitrogens with zero attached hydrogens (tertiary/aromatic N) is 2. The number of allylic oxidation sites excluding steroid dienone is 1. The van der Waals surface area contributed by atoms with Crippen molar-refractivity contribution in [2.75, 3.05) is 0 Å². The van der Waals surface area contributed by atoms with Crippen LogP contribution in [-0.2, 0) is 6.54 Å². The zero-order valence-corrected chi connectivity index (χ0v) is 14.9. The largest absolute Gasteiger partial charge is 0.342 e. The van der Waals surface area contributed by atoms with Crippen molar-refractivity contribution < 1.29 is 4.79 Å². The van der Waals surface area contributed by atoms with Gasteiger partial charge in [0.1, 0.15) is 5.82 Å². The number of rotatable bonds is 5. The van der Waals surface area contributed by atoms with Gasteiger partial charge in [-0.05, 0) is 44.5 Å². The first-order chi connectivity index (χ1) is 12.0. The molecule has 1 unspecified atom stereocenters. The molecular weight excluding hydrogens is 310 g/mol. The van der Waals surface area contributed by atoms with Gasteiger partial charge in [0.2, 0.25) is 0 Å². The van der Waals surface area contributed by atoms with Gasteiger partial charge in [-0.1, -0.05) is 35.9 Å². The highest BCUT2D eigenvalue weighted by Gasteiger charge is 2.19. The normalized spacial score (nSPS) is 12.1. The lowest BCUT2D eigenvalue weighted by Gasteiger charge is -2.16. The van der Waals surface area contributed by atoms with Crippen LogP contribution < -0.4 is 5.32 Å². The van der Waals surface area contributed by atoms with Crippen LogP contribution in [0, 0.1) is 13.8 Å². The fourth-order valence-electron chi connectivity index (χ4n) is 3.15. The molecule has 1 N–H and O–H groups in total. The Morgan fingerprint density at radius 2 is 2.04 bits per heavy atom. The highest BCUT2D eigenvalue weighted by molar-refractivity contribution is 5.96. The standard InChI is InChI=1S/C21H23N3O/c1-5-12-24-19-9-7-6-8-18(19)23-20(24)16(4)22-21(25)17-11-10-14(2)13-15(17)3/h5-11,13,16H,1,12H2,2-4H3,(H,22,25). The molecule has 4 heteroatoms. The molecule has 1 heterocycles. The Morgan fingerprint density at radius 3 is 2.76 bits per heavy atom. The number of nitrogens with one attached hydrogen (secondary N) is 1. The van der Waals surface area contributed by atoms with E-state index in [9.17, 15) is 4.79 Å². The zero-order valence-electron chi connectivity index (χ0n) is 14.9. The summed E-state index contributed by atoms with van der Waals surface area (Å²) in [6.07, 6.45) is 1.84. The molecule has 0 aliphatic rings. The van der Waals surface area contributed by atoms with E-state index in [0.717, 1.165) is 28.0 Å². The van der Waals surface area contributed by atoms with E-state index in [4.69, 9.17) is 4.98 Å². The van der Waals surface area contributed by atoms with Gasteiger partial charge in [0.15, 0.2) is 0 Å². The maximum Gasteiger partial charge on any atom is 0.252 e. The van der Waals surface area contributed by atoms with Gasteiger partial charge < -0.3 is 9.88 Å². The predicted molar refractivity (Wildman–Crippen MR) is 102 cm³/mol. The molecule has 2 aromatic carbocycles. The molecule has 4 nitrogen and oxygen atoms in total. The summed E-state index contributed by atoms with van der Waals surface area (Å²) in [4.78, 5) is 17.4. The van der Waals surface area contributed by atoms with Crippen LogP contribution in [0.25, 0.3) is 11.0 Å². The first-order valence-electron chi connectivity index (χ1n) is 8.45. The van der Waals surface area contributed by atoms with E-state index in [-0.39, 0.29) is 11.9 Å². The second-order valence-electron chi connectivity index (χ2n) is 6.37. The molecule has 0 aliphatic heterocycles. The molecule has 25 heavy (non-hydrogen) atoms. The van der Waals surface area contributed by atoms with Crippen LogP contribution >= 0.6 is 0 Å². The van der Waals surface area contributed by atoms with Crippen molar-refractivity contribution in [2.45, 2.75) is 33.4 Å². The van der Waals surface area contributed by atoms with Crippen molar-refractivity contribution >= 4 is 16.9 Å². The highest BCUT2D eigenvalue weighted by atomic mass is 16.1. The number of fused-ring (bicyclic) bond motifs is 1. The maximum absolute atomic E-state index is 12.7. The molecule has 0 aliphatic carbocycles. The van der Waals surface area contributed by atoms with Gasteiger partial charge in [0, 0.05) is 12.1 Å². The van der Waals surface area contributed by atoms with Crippen LogP contribution in [0.5, 0.6) is 0 Å². The number of imidazole rings is 1. The maximum atomic E-state index is 12.7. The van der Waals surface area contributed by atoms with E-state index in [1.165, 1.54) is 0 Å². The highest BCUT2D eigenvalue weighted by Crippen LogP contribution is 2.21. The van der Waals surface area contributed by atoms with Crippen LogP contribution in [0.2, 0.25) is 0 Å². The molecule has 0 fully saturated rings. The number of hydrogen-bond donors (Lipinski definition) is 1. The van der Waals surface area contributed by atoms with E-state index >= 15 is 0 Å². The van der Waals surface area contributed by atoms with Crippen LogP contribution in [0.1, 0.15) is 40.3 Å². The van der Waals surface area contributed by atoms with Gasteiger partial charge in [-0.25, -0.2) is 4.98 Å². The molecule has 3 aromatic rings. The minimum Gasteiger partial charge on any atom is -0.342 e. The summed E-state index contributed by atoms with van der Waals surface area (Å²) in [6.45, 7) is 10.4. The van der Waals surface area contributed by atoms with Crippen molar-refractivity contribution in [1.82, 2.24) is 14.9 Å². The molecule has 0 radical (unpaired) electrons. The topological polar surface area (TPSA) is 46.9 Å². The monoisotopic (exact) mass is 333 g/mol. The van der Waals surface area contributed by atoms with Crippen molar-refractivity contribution in [2.24, 2.45) is 0 Å². The Bertz CT molecular complexity index is 939. The van der Waals surface area contributed by atoms with Gasteiger partial charge in [-0.3, -0.25) is 4.79 Å². The first-order valence-corrected chi connectivity index (χ1v) is 8.45. The summed E-state index contributed by atoms with van der Waals surface area (Å²) in [5, 5.41) is 3.08. The summed E-state index contributed by atoms with van der Waals surface area (Å²) >= 11 is 0. The SMILES string of the molecule is C=CCn1c(C(C)NC(=O)c2ccc(C)cc2C)nc2ccccc21. The molecule has 1 aromatic heterocycles. The molecule has 0 spiro atoms. The number of benzene rings is 2. The average Bonchev–Trinajstić information content (AvgIpc) is 2.94. The second kappa shape index (κ2) is 6.93. The van der Waals surface area contributed by atoms with Gasteiger partial charge in [-0.2, -0.15) is 0 Å². The Morgan fingerprint density at radius 1 is 1.28 bits per heavy atom. The summed E-state index contributed by atoms with van der Waals surface area (Å²) in [5.41, 5.74) is 4.79. The van der Waals surface area contributed by atoms with Crippen molar-refractivity contribution in [3.05, 3.63) is 77.6 Å². The van der Waals surface area contributed by atoms with Crippen LogP contribution in [0.15, 0.2) is 55.1 Å². The number of para-hydroxylation sites is 2. The molecule has 0 saturated heterocycles. The van der Waals surface area contributed by atoms with E-state index in [1.54, 1.807) is 0 Å². The Hall–Kier alpha value is -2.88.